The molecular weight excluding hydrogens is 364 g/mol. The molecule has 0 saturated carbocycles. The van der Waals surface area contributed by atoms with Crippen molar-refractivity contribution in [1.29, 1.82) is 0 Å². The normalized spacial score (nSPS) is 15.9. The molecule has 0 aliphatic carbocycles. The van der Waals surface area contributed by atoms with Gasteiger partial charge in [0.1, 0.15) is 0 Å². The van der Waals surface area contributed by atoms with Crippen molar-refractivity contribution in [3.8, 4) is 33.6 Å². The molecule has 1 atom stereocenters. The van der Waals surface area contributed by atoms with Gasteiger partial charge in [0.05, 0.1) is 6.04 Å². The second-order valence-corrected chi connectivity index (χ2v) is 8.02. The summed E-state index contributed by atoms with van der Waals surface area (Å²) in [5.74, 6) is 0. The minimum atomic E-state index is 0.516. The van der Waals surface area contributed by atoms with Gasteiger partial charge in [-0.25, -0.2) is 0 Å². The monoisotopic (exact) mass is 391 g/mol. The predicted molar refractivity (Wildman–Crippen MR) is 124 cm³/mol. The molecule has 0 amide bonds. The van der Waals surface area contributed by atoms with Crippen molar-refractivity contribution >= 4 is 0 Å². The Labute approximate surface area is 178 Å². The smallest absolute Gasteiger partial charge is 0.213 e. The molecule has 0 bridgehead atoms. The highest BCUT2D eigenvalue weighted by molar-refractivity contribution is 5.73. The van der Waals surface area contributed by atoms with Crippen LogP contribution >= 0.6 is 0 Å². The van der Waals surface area contributed by atoms with E-state index in [0.29, 0.717) is 6.04 Å². The fraction of sp³-hybridized carbons (Fsp3) is 0.179. The highest BCUT2D eigenvalue weighted by Gasteiger charge is 2.27. The van der Waals surface area contributed by atoms with Crippen molar-refractivity contribution in [2.75, 3.05) is 6.54 Å². The summed E-state index contributed by atoms with van der Waals surface area (Å²) in [7, 11) is 0. The molecule has 3 aromatic carbocycles. The van der Waals surface area contributed by atoms with E-state index in [0.717, 1.165) is 13.1 Å². The van der Waals surface area contributed by atoms with Gasteiger partial charge in [0.2, 0.25) is 11.4 Å². The highest BCUT2D eigenvalue weighted by atomic mass is 15.1. The maximum Gasteiger partial charge on any atom is 0.213 e. The van der Waals surface area contributed by atoms with E-state index >= 15 is 0 Å². The lowest BCUT2D eigenvalue weighted by molar-refractivity contribution is -0.677. The molecule has 148 valence electrons. The zero-order chi connectivity index (χ0) is 20.2. The van der Waals surface area contributed by atoms with Crippen molar-refractivity contribution in [2.24, 2.45) is 0 Å². The number of nitrogens with one attached hydrogen (secondary N) is 1. The molecular formula is C28H27N2+. The molecule has 1 fully saturated rings. The predicted octanol–water partition coefficient (Wildman–Crippen LogP) is 5.73. The molecule has 2 heteroatoms. The third-order valence-corrected chi connectivity index (χ3v) is 5.98. The fourth-order valence-electron chi connectivity index (χ4n) is 4.44. The molecule has 2 heterocycles. The first-order valence-electron chi connectivity index (χ1n) is 10.9. The van der Waals surface area contributed by atoms with Gasteiger partial charge < -0.3 is 5.32 Å². The quantitative estimate of drug-likeness (QED) is 0.430. The van der Waals surface area contributed by atoms with Crippen LogP contribution in [0.2, 0.25) is 0 Å². The Morgan fingerprint density at radius 3 is 1.60 bits per heavy atom. The fourth-order valence-corrected chi connectivity index (χ4v) is 4.44. The molecule has 0 radical (unpaired) electrons. The van der Waals surface area contributed by atoms with Crippen LogP contribution in [0.4, 0.5) is 0 Å². The van der Waals surface area contributed by atoms with E-state index in [4.69, 9.17) is 0 Å². The van der Waals surface area contributed by atoms with Crippen LogP contribution in [0.3, 0.4) is 0 Å². The molecule has 0 spiro atoms. The van der Waals surface area contributed by atoms with Gasteiger partial charge in [0, 0.05) is 23.3 Å². The van der Waals surface area contributed by atoms with Crippen LogP contribution < -0.4 is 9.88 Å². The number of nitrogens with zero attached hydrogens (tertiary/aromatic N) is 1. The molecule has 30 heavy (non-hydrogen) atoms. The summed E-state index contributed by atoms with van der Waals surface area (Å²) in [6.07, 6.45) is 2.49. The van der Waals surface area contributed by atoms with Gasteiger partial charge in [-0.3, -0.25) is 0 Å². The third-order valence-electron chi connectivity index (χ3n) is 5.98. The van der Waals surface area contributed by atoms with E-state index in [1.165, 1.54) is 46.5 Å². The van der Waals surface area contributed by atoms with E-state index in [2.05, 4.69) is 113 Å². The number of rotatable bonds is 5. The molecule has 1 saturated heterocycles. The van der Waals surface area contributed by atoms with Crippen LogP contribution in [0.15, 0.2) is 103 Å². The van der Waals surface area contributed by atoms with Gasteiger partial charge in [-0.1, -0.05) is 66.7 Å². The zero-order valence-electron chi connectivity index (χ0n) is 17.2. The van der Waals surface area contributed by atoms with Gasteiger partial charge in [-0.2, -0.15) is 4.57 Å². The van der Waals surface area contributed by atoms with Crippen molar-refractivity contribution in [3.63, 3.8) is 0 Å². The Bertz CT molecular complexity index is 1040. The van der Waals surface area contributed by atoms with Crippen LogP contribution in [0.5, 0.6) is 0 Å². The molecule has 1 N–H and O–H groups in total. The standard InChI is InChI=1S/C28H27N2/c1-4-11-22(12-5-1)25-19-27(23-13-6-2-7-14-23)30(21-26-17-10-18-29-26)28(20-25)24-15-8-3-9-16-24/h1-9,11-16,19-20,26,29H,10,17-18,21H2/q+1/t26-/m0/s1. The average molecular weight is 392 g/mol. The minimum Gasteiger partial charge on any atom is -0.308 e. The van der Waals surface area contributed by atoms with Gasteiger partial charge >= 0.3 is 0 Å². The number of pyridine rings is 1. The maximum absolute atomic E-state index is 3.69. The second kappa shape index (κ2) is 8.64. The lowest BCUT2D eigenvalue weighted by atomic mass is 9.98. The van der Waals surface area contributed by atoms with E-state index < -0.39 is 0 Å². The second-order valence-electron chi connectivity index (χ2n) is 8.02. The van der Waals surface area contributed by atoms with E-state index in [9.17, 15) is 0 Å². The van der Waals surface area contributed by atoms with Crippen LogP contribution in [0.25, 0.3) is 33.6 Å². The topological polar surface area (TPSA) is 15.9 Å². The number of hydrogen-bond acceptors (Lipinski definition) is 1. The Balaban J connectivity index is 1.75. The van der Waals surface area contributed by atoms with Crippen LogP contribution in [-0.2, 0) is 6.54 Å². The first kappa shape index (κ1) is 18.8. The Hall–Kier alpha value is -3.23. The van der Waals surface area contributed by atoms with Gasteiger partial charge in [0.15, 0.2) is 6.54 Å². The van der Waals surface area contributed by atoms with E-state index in [1.807, 2.05) is 0 Å². The summed E-state index contributed by atoms with van der Waals surface area (Å²) in [6, 6.07) is 37.5. The van der Waals surface area contributed by atoms with E-state index in [-0.39, 0.29) is 0 Å². The molecule has 2 nitrogen and oxygen atoms in total. The molecule has 1 aromatic heterocycles. The number of benzene rings is 3. The summed E-state index contributed by atoms with van der Waals surface area (Å²) < 4.78 is 2.51. The zero-order valence-corrected chi connectivity index (χ0v) is 17.2. The summed E-state index contributed by atoms with van der Waals surface area (Å²) in [5, 5.41) is 3.69. The molecule has 1 aliphatic rings. The van der Waals surface area contributed by atoms with E-state index in [1.54, 1.807) is 0 Å². The van der Waals surface area contributed by atoms with Crippen molar-refractivity contribution < 1.29 is 4.57 Å². The Kier molecular flexibility index (Phi) is 5.41. The minimum absolute atomic E-state index is 0.516. The summed E-state index contributed by atoms with van der Waals surface area (Å²) >= 11 is 0. The van der Waals surface area contributed by atoms with Gasteiger partial charge in [-0.05, 0) is 54.8 Å². The first-order valence-corrected chi connectivity index (χ1v) is 10.9. The Morgan fingerprint density at radius 1 is 0.633 bits per heavy atom. The summed E-state index contributed by atoms with van der Waals surface area (Å²) in [6.45, 7) is 2.10. The average Bonchev–Trinajstić information content (AvgIpc) is 3.34. The number of aromatic nitrogens is 1. The SMILES string of the molecule is c1ccc(-c2cc(-c3ccccc3)[n+](C[C@@H]3CCCN3)c(-c3ccccc3)c2)cc1. The van der Waals surface area contributed by atoms with Crippen molar-refractivity contribution in [2.45, 2.75) is 25.4 Å². The third kappa shape index (κ3) is 3.92. The lowest BCUT2D eigenvalue weighted by Crippen LogP contribution is -2.46. The largest absolute Gasteiger partial charge is 0.308 e. The molecule has 4 aromatic rings. The molecule has 5 rings (SSSR count). The van der Waals surface area contributed by atoms with Crippen molar-refractivity contribution in [1.82, 2.24) is 5.32 Å². The van der Waals surface area contributed by atoms with Crippen LogP contribution in [0, 0.1) is 0 Å². The Morgan fingerprint density at radius 2 is 1.13 bits per heavy atom. The van der Waals surface area contributed by atoms with Gasteiger partial charge in [0.25, 0.3) is 0 Å². The number of hydrogen-bond donors (Lipinski definition) is 1. The van der Waals surface area contributed by atoms with Crippen molar-refractivity contribution in [3.05, 3.63) is 103 Å². The van der Waals surface area contributed by atoms with Crippen LogP contribution in [-0.4, -0.2) is 12.6 Å². The molecule has 1 aliphatic heterocycles. The lowest BCUT2D eigenvalue weighted by Gasteiger charge is -2.15. The maximum atomic E-state index is 3.69. The van der Waals surface area contributed by atoms with Crippen LogP contribution in [0.1, 0.15) is 12.8 Å². The first-order chi connectivity index (χ1) is 14.9. The molecule has 0 unspecified atom stereocenters. The summed E-state index contributed by atoms with van der Waals surface area (Å²) in [5.41, 5.74) is 7.55. The van der Waals surface area contributed by atoms with Gasteiger partial charge in [-0.15, -0.1) is 0 Å². The highest BCUT2D eigenvalue weighted by Crippen LogP contribution is 2.29. The summed E-state index contributed by atoms with van der Waals surface area (Å²) in [4.78, 5) is 0.